The molecule has 33 heavy (non-hydrogen) atoms. The van der Waals surface area contributed by atoms with E-state index in [4.69, 9.17) is 0 Å². The van der Waals surface area contributed by atoms with Crippen LogP contribution >= 0.6 is 0 Å². The van der Waals surface area contributed by atoms with Gasteiger partial charge in [-0.1, -0.05) is 12.1 Å². The highest BCUT2D eigenvalue weighted by atomic mass is 19.4. The zero-order valence-corrected chi connectivity index (χ0v) is 17.8. The van der Waals surface area contributed by atoms with Crippen molar-refractivity contribution < 1.29 is 18.0 Å². The molecule has 2 amide bonds. The van der Waals surface area contributed by atoms with E-state index >= 15 is 0 Å². The molecule has 1 aliphatic rings. The minimum atomic E-state index is -4.55. The molecule has 0 atom stereocenters. The van der Waals surface area contributed by atoms with Gasteiger partial charge >= 0.3 is 12.2 Å². The number of rotatable bonds is 4. The number of pyridine rings is 1. The van der Waals surface area contributed by atoms with Crippen LogP contribution in [-0.4, -0.2) is 52.1 Å². The monoisotopic (exact) mass is 457 g/mol. The van der Waals surface area contributed by atoms with E-state index in [-0.39, 0.29) is 5.69 Å². The van der Waals surface area contributed by atoms with E-state index < -0.39 is 17.8 Å². The number of anilines is 4. The fraction of sp³-hybridized carbons (Fsp3) is 0.273. The Labute approximate surface area is 188 Å². The Morgan fingerprint density at radius 3 is 2.42 bits per heavy atom. The van der Waals surface area contributed by atoms with Crippen molar-refractivity contribution in [1.82, 2.24) is 19.9 Å². The van der Waals surface area contributed by atoms with Crippen LogP contribution in [0.5, 0.6) is 0 Å². The predicted molar refractivity (Wildman–Crippen MR) is 119 cm³/mol. The molecule has 4 rings (SSSR count). The van der Waals surface area contributed by atoms with Crippen LogP contribution in [0.15, 0.2) is 55.0 Å². The number of alkyl halides is 3. The number of halogens is 3. The van der Waals surface area contributed by atoms with Crippen molar-refractivity contribution in [3.63, 3.8) is 0 Å². The Morgan fingerprint density at radius 1 is 0.970 bits per heavy atom. The van der Waals surface area contributed by atoms with E-state index in [1.165, 1.54) is 29.4 Å². The summed E-state index contributed by atoms with van der Waals surface area (Å²) in [6.07, 6.45) is -1.40. The number of hydrogen-bond acceptors (Lipinski definition) is 6. The summed E-state index contributed by atoms with van der Waals surface area (Å²) in [5.41, 5.74) is -0.0659. The third-order valence-corrected chi connectivity index (χ3v) is 5.19. The van der Waals surface area contributed by atoms with Crippen LogP contribution in [0.4, 0.5) is 41.1 Å². The quantitative estimate of drug-likeness (QED) is 0.608. The zero-order chi connectivity index (χ0) is 23.4. The molecule has 2 aromatic heterocycles. The predicted octanol–water partition coefficient (Wildman–Crippen LogP) is 4.30. The van der Waals surface area contributed by atoms with Crippen molar-refractivity contribution in [3.05, 3.63) is 66.1 Å². The van der Waals surface area contributed by atoms with Gasteiger partial charge in [0.15, 0.2) is 0 Å². The summed E-state index contributed by atoms with van der Waals surface area (Å²) < 4.78 is 39.5. The first-order valence-corrected chi connectivity index (χ1v) is 10.3. The van der Waals surface area contributed by atoms with Gasteiger partial charge in [-0.3, -0.25) is 0 Å². The van der Waals surface area contributed by atoms with E-state index in [1.54, 1.807) is 12.3 Å². The number of nitrogens with one attached hydrogen (secondary N) is 2. The van der Waals surface area contributed by atoms with Crippen molar-refractivity contribution in [2.24, 2.45) is 0 Å². The number of aromatic nitrogens is 3. The number of hydrogen-bond donors (Lipinski definition) is 2. The Balaban J connectivity index is 1.37. The number of amides is 2. The lowest BCUT2D eigenvalue weighted by atomic mass is 10.1. The first-order chi connectivity index (χ1) is 15.8. The van der Waals surface area contributed by atoms with Crippen LogP contribution in [0.3, 0.4) is 0 Å². The second kappa shape index (κ2) is 9.31. The van der Waals surface area contributed by atoms with E-state index in [1.807, 2.05) is 24.0 Å². The molecule has 8 nitrogen and oxygen atoms in total. The second-order valence-corrected chi connectivity index (χ2v) is 7.55. The van der Waals surface area contributed by atoms with Gasteiger partial charge in [0.1, 0.15) is 23.8 Å². The van der Waals surface area contributed by atoms with E-state index in [0.29, 0.717) is 43.6 Å². The molecule has 0 spiro atoms. The number of carbonyl (C=O) groups excluding carboxylic acids is 1. The molecule has 3 aromatic rings. The fourth-order valence-corrected chi connectivity index (χ4v) is 3.50. The van der Waals surface area contributed by atoms with Crippen LogP contribution in [0.2, 0.25) is 0 Å². The number of benzene rings is 1. The molecular weight excluding hydrogens is 435 g/mol. The maximum Gasteiger partial charge on any atom is 0.418 e. The molecule has 2 N–H and O–H groups in total. The van der Waals surface area contributed by atoms with E-state index in [9.17, 15) is 18.0 Å². The minimum Gasteiger partial charge on any atom is -0.353 e. The Morgan fingerprint density at radius 2 is 1.70 bits per heavy atom. The third kappa shape index (κ3) is 5.48. The number of para-hydroxylation sites is 1. The minimum absolute atomic E-state index is 0.256. The topological polar surface area (TPSA) is 86.3 Å². The molecule has 0 aliphatic carbocycles. The largest absolute Gasteiger partial charge is 0.418 e. The molecule has 1 aliphatic heterocycles. The van der Waals surface area contributed by atoms with Crippen LogP contribution in [0.25, 0.3) is 0 Å². The first kappa shape index (κ1) is 22.3. The highest BCUT2D eigenvalue weighted by Gasteiger charge is 2.34. The van der Waals surface area contributed by atoms with Gasteiger partial charge in [-0.2, -0.15) is 13.2 Å². The molecule has 0 radical (unpaired) electrons. The third-order valence-electron chi connectivity index (χ3n) is 5.19. The number of urea groups is 1. The van der Waals surface area contributed by atoms with Crippen LogP contribution < -0.4 is 15.5 Å². The molecule has 1 saturated heterocycles. The zero-order valence-electron chi connectivity index (χ0n) is 17.8. The molecule has 0 saturated carbocycles. The summed E-state index contributed by atoms with van der Waals surface area (Å²) in [6.45, 7) is 3.61. The molecule has 0 bridgehead atoms. The lowest BCUT2D eigenvalue weighted by Crippen LogP contribution is -2.50. The number of piperazine rings is 1. The average Bonchev–Trinajstić information content (AvgIpc) is 2.79. The molecule has 11 heteroatoms. The van der Waals surface area contributed by atoms with Crippen LogP contribution in [0, 0.1) is 6.92 Å². The smallest absolute Gasteiger partial charge is 0.353 e. The van der Waals surface area contributed by atoms with Gasteiger partial charge < -0.3 is 20.4 Å². The molecule has 172 valence electrons. The van der Waals surface area contributed by atoms with Crippen molar-refractivity contribution in [1.29, 1.82) is 0 Å². The highest BCUT2D eigenvalue weighted by Crippen LogP contribution is 2.34. The van der Waals surface area contributed by atoms with Crippen LogP contribution in [0.1, 0.15) is 11.1 Å². The maximum atomic E-state index is 13.2. The van der Waals surface area contributed by atoms with Gasteiger partial charge in [0.05, 0.1) is 11.3 Å². The van der Waals surface area contributed by atoms with Crippen LogP contribution in [-0.2, 0) is 6.18 Å². The normalized spacial score (nSPS) is 14.2. The van der Waals surface area contributed by atoms with Gasteiger partial charge in [0.25, 0.3) is 0 Å². The van der Waals surface area contributed by atoms with Gasteiger partial charge in [0, 0.05) is 38.4 Å². The maximum absolute atomic E-state index is 13.2. The van der Waals surface area contributed by atoms with Crippen molar-refractivity contribution in [2.75, 3.05) is 41.7 Å². The van der Waals surface area contributed by atoms with Crippen molar-refractivity contribution in [3.8, 4) is 0 Å². The lowest BCUT2D eigenvalue weighted by molar-refractivity contribution is -0.136. The Bertz CT molecular complexity index is 1130. The number of nitrogens with zero attached hydrogens (tertiary/aromatic N) is 5. The van der Waals surface area contributed by atoms with Gasteiger partial charge in [-0.25, -0.2) is 19.7 Å². The fourth-order valence-electron chi connectivity index (χ4n) is 3.50. The average molecular weight is 457 g/mol. The SMILES string of the molecule is Cc1ccnc(Nc2cc(N3CCN(C(=O)Nc4ccccc4C(F)(F)F)CC3)ncn2)c1. The van der Waals surface area contributed by atoms with Gasteiger partial charge in [0.2, 0.25) is 0 Å². The molecule has 1 fully saturated rings. The molecular formula is C22H22F3N7O. The second-order valence-electron chi connectivity index (χ2n) is 7.55. The summed E-state index contributed by atoms with van der Waals surface area (Å²) in [6, 6.07) is 9.95. The van der Waals surface area contributed by atoms with E-state index in [0.717, 1.165) is 11.6 Å². The Hall–Kier alpha value is -3.89. The van der Waals surface area contributed by atoms with Gasteiger partial charge in [-0.05, 0) is 36.8 Å². The van der Waals surface area contributed by atoms with E-state index in [2.05, 4.69) is 25.6 Å². The molecule has 0 unspecified atom stereocenters. The summed E-state index contributed by atoms with van der Waals surface area (Å²) in [7, 11) is 0. The number of aryl methyl sites for hydroxylation is 1. The summed E-state index contributed by atoms with van der Waals surface area (Å²) in [4.78, 5) is 28.8. The van der Waals surface area contributed by atoms with Crippen molar-refractivity contribution in [2.45, 2.75) is 13.1 Å². The Kier molecular flexibility index (Phi) is 6.29. The summed E-state index contributed by atoms with van der Waals surface area (Å²) in [5.74, 6) is 1.94. The molecule has 1 aromatic carbocycles. The summed E-state index contributed by atoms with van der Waals surface area (Å²) >= 11 is 0. The highest BCUT2D eigenvalue weighted by molar-refractivity contribution is 5.90. The standard InChI is InChI=1S/C22H22F3N7O/c1-15-6-7-26-18(12-15)30-19-13-20(28-14-27-19)31-8-10-32(11-9-31)21(33)29-17-5-3-2-4-16(17)22(23,24)25/h2-7,12-14H,8-11H2,1H3,(H,29,33)(H,26,27,28,30). The lowest BCUT2D eigenvalue weighted by Gasteiger charge is -2.35. The van der Waals surface area contributed by atoms with Gasteiger partial charge in [-0.15, -0.1) is 0 Å². The first-order valence-electron chi connectivity index (χ1n) is 10.3. The summed E-state index contributed by atoms with van der Waals surface area (Å²) in [5, 5.41) is 5.53. The van der Waals surface area contributed by atoms with Crippen molar-refractivity contribution >= 4 is 29.2 Å². The number of carbonyl (C=O) groups is 1. The molecule has 3 heterocycles.